The van der Waals surface area contributed by atoms with Crippen molar-refractivity contribution in [3.05, 3.63) is 113 Å². The summed E-state index contributed by atoms with van der Waals surface area (Å²) in [5.41, 5.74) is 1.69. The number of carbonyl (C=O) groups is 2. The van der Waals surface area contributed by atoms with E-state index in [1.54, 1.807) is 5.32 Å². The average Bonchev–Trinajstić information content (AvgIpc) is 3.36. The molecule has 8 nitrogen and oxygen atoms in total. The minimum absolute atomic E-state index is 0.0144. The highest BCUT2D eigenvalue weighted by molar-refractivity contribution is 5.94. The molecular weight excluding hydrogens is 537 g/mol. The third-order valence-corrected chi connectivity index (χ3v) is 5.59. The van der Waals surface area contributed by atoms with Gasteiger partial charge in [-0.2, -0.15) is 13.2 Å². The zero-order chi connectivity index (χ0) is 28.7. The minimum Gasteiger partial charge on any atom is -0.370 e. The van der Waals surface area contributed by atoms with E-state index in [0.29, 0.717) is 11.3 Å². The Morgan fingerprint density at radius 3 is 2.23 bits per heavy atom. The molecule has 0 bridgehead atoms. The highest BCUT2D eigenvalue weighted by Crippen LogP contribution is 2.18. The lowest BCUT2D eigenvalue weighted by Gasteiger charge is -2.11. The predicted octanol–water partition coefficient (Wildman–Crippen LogP) is 4.48. The minimum atomic E-state index is -4.55. The molecule has 0 saturated heterocycles. The molecule has 40 heavy (non-hydrogen) atoms. The summed E-state index contributed by atoms with van der Waals surface area (Å²) in [6.45, 7) is -1.48. The molecule has 0 aliphatic rings. The average molecular weight is 559 g/mol. The van der Waals surface area contributed by atoms with E-state index in [1.807, 2.05) is 30.3 Å². The number of nitrogens with zero attached hydrogens (tertiary/aromatic N) is 3. The Hall–Kier alpha value is -4.65. The van der Waals surface area contributed by atoms with Crippen molar-refractivity contribution in [1.82, 2.24) is 25.6 Å². The van der Waals surface area contributed by atoms with Crippen LogP contribution in [-0.2, 0) is 24.5 Å². The summed E-state index contributed by atoms with van der Waals surface area (Å²) in [5.74, 6) is -3.63. The standard InChI is InChI=1S/C27H22F5N5O3/c28-21-11-6-18(12-22(21)29)13-33-26(39)24-23(15-40-14-17-4-2-1-3-5-17)37(36-35-24)20-9-7-19(8-10-20)25(38)34-16-27(30,31)32/h1-12H,13-16H2,(H,33,39)(H,34,38). The second-order valence-electron chi connectivity index (χ2n) is 8.55. The fraction of sp³-hybridized carbons (Fsp3) is 0.185. The van der Waals surface area contributed by atoms with Gasteiger partial charge < -0.3 is 15.4 Å². The lowest BCUT2D eigenvalue weighted by molar-refractivity contribution is -0.123. The van der Waals surface area contributed by atoms with Gasteiger partial charge in [-0.05, 0) is 47.5 Å². The number of benzene rings is 3. The number of hydrogen-bond donors (Lipinski definition) is 2. The van der Waals surface area contributed by atoms with Crippen LogP contribution in [0.15, 0.2) is 72.8 Å². The Morgan fingerprint density at radius 2 is 1.55 bits per heavy atom. The van der Waals surface area contributed by atoms with Gasteiger partial charge in [0.15, 0.2) is 17.3 Å². The molecule has 208 valence electrons. The van der Waals surface area contributed by atoms with Crippen molar-refractivity contribution < 1.29 is 36.3 Å². The van der Waals surface area contributed by atoms with Gasteiger partial charge >= 0.3 is 6.18 Å². The fourth-order valence-corrected chi connectivity index (χ4v) is 3.61. The highest BCUT2D eigenvalue weighted by atomic mass is 19.4. The van der Waals surface area contributed by atoms with Crippen molar-refractivity contribution in [3.8, 4) is 5.69 Å². The second kappa shape index (κ2) is 12.5. The first-order chi connectivity index (χ1) is 19.1. The molecule has 0 aliphatic heterocycles. The van der Waals surface area contributed by atoms with Crippen LogP contribution in [0.1, 0.15) is 37.7 Å². The maximum atomic E-state index is 13.5. The van der Waals surface area contributed by atoms with Crippen molar-refractivity contribution in [2.24, 2.45) is 0 Å². The van der Waals surface area contributed by atoms with Gasteiger partial charge in [-0.1, -0.05) is 41.6 Å². The first-order valence-corrected chi connectivity index (χ1v) is 11.8. The van der Waals surface area contributed by atoms with Crippen molar-refractivity contribution in [3.63, 3.8) is 0 Å². The molecule has 0 radical (unpaired) electrons. The van der Waals surface area contributed by atoms with Gasteiger partial charge in [0.05, 0.1) is 18.9 Å². The van der Waals surface area contributed by atoms with Gasteiger partial charge in [0, 0.05) is 12.1 Å². The Labute approximate surface area is 224 Å². The topological polar surface area (TPSA) is 98.1 Å². The molecule has 13 heteroatoms. The van der Waals surface area contributed by atoms with Gasteiger partial charge in [-0.3, -0.25) is 9.59 Å². The quantitative estimate of drug-likeness (QED) is 0.279. The molecule has 0 saturated carbocycles. The van der Waals surface area contributed by atoms with Crippen LogP contribution in [0, 0.1) is 11.6 Å². The predicted molar refractivity (Wildman–Crippen MR) is 132 cm³/mol. The Kier molecular flexibility index (Phi) is 8.84. The van der Waals surface area contributed by atoms with Crippen LogP contribution in [0.4, 0.5) is 22.0 Å². The molecule has 1 heterocycles. The molecule has 0 spiro atoms. The van der Waals surface area contributed by atoms with E-state index >= 15 is 0 Å². The van der Waals surface area contributed by atoms with Gasteiger partial charge in [0.1, 0.15) is 12.2 Å². The summed E-state index contributed by atoms with van der Waals surface area (Å²) in [7, 11) is 0. The van der Waals surface area contributed by atoms with E-state index in [9.17, 15) is 31.5 Å². The van der Waals surface area contributed by atoms with E-state index < -0.39 is 36.2 Å². The Morgan fingerprint density at radius 1 is 0.825 bits per heavy atom. The number of aromatic nitrogens is 3. The van der Waals surface area contributed by atoms with E-state index in [-0.39, 0.29) is 36.7 Å². The third kappa shape index (κ3) is 7.47. The first-order valence-electron chi connectivity index (χ1n) is 11.8. The summed E-state index contributed by atoms with van der Waals surface area (Å²) in [6, 6.07) is 18.0. The largest absolute Gasteiger partial charge is 0.405 e. The maximum absolute atomic E-state index is 13.5. The number of ether oxygens (including phenoxy) is 1. The summed E-state index contributed by atoms with van der Waals surface area (Å²) >= 11 is 0. The van der Waals surface area contributed by atoms with Crippen molar-refractivity contribution in [2.75, 3.05) is 6.54 Å². The zero-order valence-electron chi connectivity index (χ0n) is 20.7. The number of hydrogen-bond acceptors (Lipinski definition) is 5. The molecule has 0 unspecified atom stereocenters. The van der Waals surface area contributed by atoms with E-state index in [2.05, 4.69) is 15.6 Å². The summed E-state index contributed by atoms with van der Waals surface area (Å²) < 4.78 is 71.1. The van der Waals surface area contributed by atoms with E-state index in [4.69, 9.17) is 4.74 Å². The molecule has 3 aromatic carbocycles. The van der Waals surface area contributed by atoms with Gasteiger partial charge in [-0.25, -0.2) is 13.5 Å². The van der Waals surface area contributed by atoms with Crippen molar-refractivity contribution >= 4 is 11.8 Å². The summed E-state index contributed by atoms with van der Waals surface area (Å²) in [5, 5.41) is 12.4. The number of carbonyl (C=O) groups excluding carboxylic acids is 2. The van der Waals surface area contributed by atoms with Gasteiger partial charge in [0.25, 0.3) is 11.8 Å². The molecule has 2 N–H and O–H groups in total. The lowest BCUT2D eigenvalue weighted by atomic mass is 10.2. The number of nitrogens with one attached hydrogen (secondary N) is 2. The van der Waals surface area contributed by atoms with Crippen LogP contribution in [0.3, 0.4) is 0 Å². The van der Waals surface area contributed by atoms with Crippen LogP contribution >= 0.6 is 0 Å². The summed E-state index contributed by atoms with van der Waals surface area (Å²) in [6.07, 6.45) is -4.55. The first kappa shape index (κ1) is 28.4. The summed E-state index contributed by atoms with van der Waals surface area (Å²) in [4.78, 5) is 25.0. The molecule has 4 aromatic rings. The van der Waals surface area contributed by atoms with Crippen LogP contribution < -0.4 is 10.6 Å². The number of amides is 2. The lowest BCUT2D eigenvalue weighted by Crippen LogP contribution is -2.33. The van der Waals surface area contributed by atoms with Gasteiger partial charge in [-0.15, -0.1) is 5.10 Å². The Bertz CT molecular complexity index is 1470. The van der Waals surface area contributed by atoms with E-state index in [0.717, 1.165) is 17.7 Å². The molecule has 0 aliphatic carbocycles. The molecule has 2 amide bonds. The molecule has 1 aromatic heterocycles. The zero-order valence-corrected chi connectivity index (χ0v) is 20.7. The van der Waals surface area contributed by atoms with Crippen LogP contribution in [0.2, 0.25) is 0 Å². The van der Waals surface area contributed by atoms with Crippen LogP contribution in [-0.4, -0.2) is 39.5 Å². The monoisotopic (exact) mass is 559 g/mol. The molecule has 0 atom stereocenters. The fourth-order valence-electron chi connectivity index (χ4n) is 3.61. The number of alkyl halides is 3. The van der Waals surface area contributed by atoms with Crippen LogP contribution in [0.25, 0.3) is 5.69 Å². The van der Waals surface area contributed by atoms with Crippen molar-refractivity contribution in [2.45, 2.75) is 25.9 Å². The second-order valence-corrected chi connectivity index (χ2v) is 8.55. The molecular formula is C27H22F5N5O3. The normalized spacial score (nSPS) is 11.3. The highest BCUT2D eigenvalue weighted by Gasteiger charge is 2.28. The smallest absolute Gasteiger partial charge is 0.370 e. The molecule has 0 fully saturated rings. The SMILES string of the molecule is O=C(NCC(F)(F)F)c1ccc(-n2nnc(C(=O)NCc3ccc(F)c(F)c3)c2COCc2ccccc2)cc1. The number of rotatable bonds is 10. The van der Waals surface area contributed by atoms with Crippen molar-refractivity contribution in [1.29, 1.82) is 0 Å². The maximum Gasteiger partial charge on any atom is 0.405 e. The van der Waals surface area contributed by atoms with Gasteiger partial charge in [0.2, 0.25) is 0 Å². The Balaban J connectivity index is 1.53. The van der Waals surface area contributed by atoms with Crippen LogP contribution in [0.5, 0.6) is 0 Å². The third-order valence-electron chi connectivity index (χ3n) is 5.59. The van der Waals surface area contributed by atoms with E-state index in [1.165, 1.54) is 35.0 Å². The molecule has 4 rings (SSSR count). The number of halogens is 5.